The van der Waals surface area contributed by atoms with Crippen LogP contribution in [-0.4, -0.2) is 13.0 Å². The van der Waals surface area contributed by atoms with Crippen molar-refractivity contribution >= 4 is 17.3 Å². The smallest absolute Gasteiger partial charge is 0.221 e. The molecule has 1 aromatic carbocycles. The highest BCUT2D eigenvalue weighted by Crippen LogP contribution is 2.28. The maximum absolute atomic E-state index is 11.1. The lowest BCUT2D eigenvalue weighted by Crippen LogP contribution is -2.07. The Balaban J connectivity index is 2.07. The zero-order valence-corrected chi connectivity index (χ0v) is 11.8. The van der Waals surface area contributed by atoms with E-state index >= 15 is 0 Å². The van der Waals surface area contributed by atoms with Gasteiger partial charge >= 0.3 is 0 Å². The van der Waals surface area contributed by atoms with Gasteiger partial charge in [0.25, 0.3) is 0 Å². The summed E-state index contributed by atoms with van der Waals surface area (Å²) in [5.74, 6) is 2.24. The fourth-order valence-corrected chi connectivity index (χ4v) is 1.86. The zero-order valence-electron chi connectivity index (χ0n) is 11.8. The lowest BCUT2D eigenvalue weighted by molar-refractivity contribution is -0.114. The summed E-state index contributed by atoms with van der Waals surface area (Å²) in [6.07, 6.45) is 0. The minimum Gasteiger partial charge on any atom is -0.494 e. The maximum Gasteiger partial charge on any atom is 0.221 e. The monoisotopic (exact) mass is 274 g/mol. The van der Waals surface area contributed by atoms with Gasteiger partial charge in [-0.1, -0.05) is 0 Å². The SMILES string of the molecule is COc1cc(NCc2ccc(C)o2)ccc1NC(C)=O. The minimum absolute atomic E-state index is 0.130. The summed E-state index contributed by atoms with van der Waals surface area (Å²) in [4.78, 5) is 11.1. The summed E-state index contributed by atoms with van der Waals surface area (Å²) in [6, 6.07) is 9.38. The van der Waals surface area contributed by atoms with Crippen LogP contribution < -0.4 is 15.4 Å². The second-order valence-electron chi connectivity index (χ2n) is 4.46. The number of aryl methyl sites for hydroxylation is 1. The van der Waals surface area contributed by atoms with E-state index in [0.717, 1.165) is 17.2 Å². The van der Waals surface area contributed by atoms with Gasteiger partial charge in [-0.3, -0.25) is 4.79 Å². The van der Waals surface area contributed by atoms with E-state index in [2.05, 4.69) is 10.6 Å². The standard InChI is InChI=1S/C15H18N2O3/c1-10-4-6-13(20-10)9-16-12-5-7-14(17-11(2)18)15(8-12)19-3/h4-8,16H,9H2,1-3H3,(H,17,18). The Kier molecular flexibility index (Phi) is 4.30. The van der Waals surface area contributed by atoms with Gasteiger partial charge in [-0.2, -0.15) is 0 Å². The van der Waals surface area contributed by atoms with Gasteiger partial charge < -0.3 is 19.8 Å². The number of rotatable bonds is 5. The summed E-state index contributed by atoms with van der Waals surface area (Å²) < 4.78 is 10.8. The van der Waals surface area contributed by atoms with Crippen molar-refractivity contribution in [3.8, 4) is 5.75 Å². The molecule has 5 nitrogen and oxygen atoms in total. The van der Waals surface area contributed by atoms with Crippen LogP contribution in [0.2, 0.25) is 0 Å². The topological polar surface area (TPSA) is 63.5 Å². The zero-order chi connectivity index (χ0) is 14.5. The number of carbonyl (C=O) groups is 1. The third-order valence-corrected chi connectivity index (χ3v) is 2.77. The van der Waals surface area contributed by atoms with E-state index in [4.69, 9.17) is 9.15 Å². The molecular weight excluding hydrogens is 256 g/mol. The fraction of sp³-hybridized carbons (Fsp3) is 0.267. The third-order valence-electron chi connectivity index (χ3n) is 2.77. The normalized spacial score (nSPS) is 10.2. The number of methoxy groups -OCH3 is 1. The molecule has 0 aliphatic heterocycles. The molecule has 20 heavy (non-hydrogen) atoms. The number of amides is 1. The van der Waals surface area contributed by atoms with E-state index in [1.165, 1.54) is 6.92 Å². The summed E-state index contributed by atoms with van der Waals surface area (Å²) in [6.45, 7) is 3.97. The predicted molar refractivity (Wildman–Crippen MR) is 78.1 cm³/mol. The van der Waals surface area contributed by atoms with Crippen molar-refractivity contribution in [2.75, 3.05) is 17.7 Å². The van der Waals surface area contributed by atoms with E-state index in [-0.39, 0.29) is 5.91 Å². The number of anilines is 2. The Morgan fingerprint density at radius 2 is 2.10 bits per heavy atom. The Hall–Kier alpha value is -2.43. The van der Waals surface area contributed by atoms with E-state index in [0.29, 0.717) is 18.0 Å². The fourth-order valence-electron chi connectivity index (χ4n) is 1.86. The molecule has 106 valence electrons. The second-order valence-corrected chi connectivity index (χ2v) is 4.46. The second kappa shape index (κ2) is 6.14. The van der Waals surface area contributed by atoms with E-state index in [1.807, 2.05) is 31.2 Å². The van der Waals surface area contributed by atoms with Gasteiger partial charge in [0.15, 0.2) is 0 Å². The highest BCUT2D eigenvalue weighted by Gasteiger charge is 2.06. The highest BCUT2D eigenvalue weighted by molar-refractivity contribution is 5.90. The first kappa shape index (κ1) is 14.0. The predicted octanol–water partition coefficient (Wildman–Crippen LogP) is 3.17. The van der Waals surface area contributed by atoms with E-state index in [1.54, 1.807) is 13.2 Å². The maximum atomic E-state index is 11.1. The number of hydrogen-bond donors (Lipinski definition) is 2. The van der Waals surface area contributed by atoms with Crippen LogP contribution in [-0.2, 0) is 11.3 Å². The van der Waals surface area contributed by atoms with Gasteiger partial charge in [-0.15, -0.1) is 0 Å². The summed E-state index contributed by atoms with van der Waals surface area (Å²) in [7, 11) is 1.57. The molecule has 1 amide bonds. The van der Waals surface area contributed by atoms with Gasteiger partial charge in [0.2, 0.25) is 5.91 Å². The van der Waals surface area contributed by atoms with Crippen molar-refractivity contribution in [1.82, 2.24) is 0 Å². The third kappa shape index (κ3) is 3.54. The first-order chi connectivity index (χ1) is 9.58. The van der Waals surface area contributed by atoms with Crippen LogP contribution in [0, 0.1) is 6.92 Å². The molecule has 0 aliphatic carbocycles. The first-order valence-corrected chi connectivity index (χ1v) is 6.33. The van der Waals surface area contributed by atoms with Crippen LogP contribution in [0.1, 0.15) is 18.4 Å². The first-order valence-electron chi connectivity index (χ1n) is 6.33. The lowest BCUT2D eigenvalue weighted by Gasteiger charge is -2.11. The largest absolute Gasteiger partial charge is 0.494 e. The van der Waals surface area contributed by atoms with Crippen LogP contribution in [0.25, 0.3) is 0 Å². The Labute approximate surface area is 117 Å². The van der Waals surface area contributed by atoms with Gasteiger partial charge in [-0.05, 0) is 31.2 Å². The average Bonchev–Trinajstić information content (AvgIpc) is 2.83. The summed E-state index contributed by atoms with van der Waals surface area (Å²) in [5.41, 5.74) is 1.55. The van der Waals surface area contributed by atoms with Crippen molar-refractivity contribution < 1.29 is 13.9 Å². The molecule has 2 rings (SSSR count). The molecule has 1 aromatic heterocycles. The Morgan fingerprint density at radius 3 is 2.70 bits per heavy atom. The molecule has 2 aromatic rings. The average molecular weight is 274 g/mol. The van der Waals surface area contributed by atoms with Gasteiger partial charge in [-0.25, -0.2) is 0 Å². The Bertz CT molecular complexity index is 605. The van der Waals surface area contributed by atoms with Crippen molar-refractivity contribution in [3.63, 3.8) is 0 Å². The number of benzene rings is 1. The van der Waals surface area contributed by atoms with Gasteiger partial charge in [0.1, 0.15) is 17.3 Å². The van der Waals surface area contributed by atoms with Gasteiger partial charge in [0, 0.05) is 18.7 Å². The van der Waals surface area contributed by atoms with Crippen LogP contribution in [0.15, 0.2) is 34.7 Å². The molecule has 0 radical (unpaired) electrons. The quantitative estimate of drug-likeness (QED) is 0.879. The number of nitrogens with one attached hydrogen (secondary N) is 2. The molecule has 0 unspecified atom stereocenters. The number of hydrogen-bond acceptors (Lipinski definition) is 4. The lowest BCUT2D eigenvalue weighted by atomic mass is 10.2. The van der Waals surface area contributed by atoms with Crippen LogP contribution in [0.5, 0.6) is 5.75 Å². The molecule has 1 heterocycles. The van der Waals surface area contributed by atoms with Crippen molar-refractivity contribution in [1.29, 1.82) is 0 Å². The molecule has 2 N–H and O–H groups in total. The van der Waals surface area contributed by atoms with Gasteiger partial charge in [0.05, 0.1) is 19.3 Å². The number of furan rings is 1. The summed E-state index contributed by atoms with van der Waals surface area (Å²) in [5, 5.41) is 5.96. The molecule has 0 spiro atoms. The minimum atomic E-state index is -0.130. The highest BCUT2D eigenvalue weighted by atomic mass is 16.5. The molecule has 0 aliphatic rings. The van der Waals surface area contributed by atoms with Crippen LogP contribution in [0.3, 0.4) is 0 Å². The molecular formula is C15H18N2O3. The van der Waals surface area contributed by atoms with Crippen molar-refractivity contribution in [2.24, 2.45) is 0 Å². The molecule has 5 heteroatoms. The van der Waals surface area contributed by atoms with E-state index < -0.39 is 0 Å². The van der Waals surface area contributed by atoms with Crippen molar-refractivity contribution in [2.45, 2.75) is 20.4 Å². The molecule has 0 saturated heterocycles. The molecule has 0 bridgehead atoms. The number of carbonyl (C=O) groups excluding carboxylic acids is 1. The van der Waals surface area contributed by atoms with E-state index in [9.17, 15) is 4.79 Å². The molecule has 0 saturated carbocycles. The molecule has 0 fully saturated rings. The Morgan fingerprint density at radius 1 is 1.30 bits per heavy atom. The van der Waals surface area contributed by atoms with Crippen LogP contribution >= 0.6 is 0 Å². The van der Waals surface area contributed by atoms with Crippen molar-refractivity contribution in [3.05, 3.63) is 41.9 Å². The van der Waals surface area contributed by atoms with Crippen LogP contribution in [0.4, 0.5) is 11.4 Å². The molecule has 0 atom stereocenters. The summed E-state index contributed by atoms with van der Waals surface area (Å²) >= 11 is 0. The number of ether oxygens (including phenoxy) is 1.